The van der Waals surface area contributed by atoms with Crippen molar-refractivity contribution in [2.45, 2.75) is 11.9 Å². The fourth-order valence-corrected chi connectivity index (χ4v) is 2.41. The highest BCUT2D eigenvalue weighted by molar-refractivity contribution is 7.90. The van der Waals surface area contributed by atoms with Crippen LogP contribution in [0.4, 0.5) is 5.82 Å². The number of nitrogens with two attached hydrogens (primary N) is 1. The summed E-state index contributed by atoms with van der Waals surface area (Å²) in [5, 5.41) is 4.12. The van der Waals surface area contributed by atoms with Crippen LogP contribution in [0.15, 0.2) is 35.4 Å². The van der Waals surface area contributed by atoms with Crippen LogP contribution < -0.4 is 5.73 Å². The number of rotatable bonds is 2. The number of nitrogen functional groups attached to an aromatic ring is 1. The number of benzene rings is 1. The number of hydrogen-bond acceptors (Lipinski definition) is 4. The zero-order valence-corrected chi connectivity index (χ0v) is 10.4. The van der Waals surface area contributed by atoms with E-state index >= 15 is 0 Å². The van der Waals surface area contributed by atoms with Gasteiger partial charge in [-0.2, -0.15) is 0 Å². The van der Waals surface area contributed by atoms with E-state index in [1.165, 1.54) is 10.7 Å². The molecule has 2 aromatic rings. The number of aryl methyl sites for hydroxylation is 1. The van der Waals surface area contributed by atoms with Gasteiger partial charge in [-0.25, -0.2) is 13.1 Å². The quantitative estimate of drug-likeness (QED) is 0.869. The van der Waals surface area contributed by atoms with Crippen LogP contribution in [0.1, 0.15) is 5.56 Å². The molecule has 0 amide bonds. The van der Waals surface area contributed by atoms with Gasteiger partial charge in [-0.05, 0) is 18.6 Å². The van der Waals surface area contributed by atoms with Gasteiger partial charge >= 0.3 is 0 Å². The Balaban J connectivity index is 2.73. The molecule has 5 nitrogen and oxygen atoms in total. The third-order valence-electron chi connectivity index (χ3n) is 2.42. The molecule has 2 N–H and O–H groups in total. The second kappa shape index (κ2) is 3.89. The Morgan fingerprint density at radius 2 is 1.94 bits per heavy atom. The first kappa shape index (κ1) is 11.7. The molecule has 90 valence electrons. The Morgan fingerprint density at radius 1 is 1.29 bits per heavy atom. The molecule has 0 fully saturated rings. The third-order valence-corrected chi connectivity index (χ3v) is 3.47. The van der Waals surface area contributed by atoms with Gasteiger partial charge in [0.2, 0.25) is 0 Å². The van der Waals surface area contributed by atoms with E-state index in [1.54, 1.807) is 6.07 Å². The Labute approximate surface area is 99.8 Å². The zero-order valence-electron chi connectivity index (χ0n) is 9.58. The molecule has 0 radical (unpaired) electrons. The van der Waals surface area contributed by atoms with Gasteiger partial charge in [0.25, 0.3) is 0 Å². The predicted molar refractivity (Wildman–Crippen MR) is 65.8 cm³/mol. The lowest BCUT2D eigenvalue weighted by molar-refractivity contribution is 0.592. The van der Waals surface area contributed by atoms with Gasteiger partial charge in [0, 0.05) is 12.3 Å². The van der Waals surface area contributed by atoms with Crippen molar-refractivity contribution in [3.05, 3.63) is 35.9 Å². The average molecular weight is 251 g/mol. The van der Waals surface area contributed by atoms with Crippen LogP contribution in [-0.4, -0.2) is 24.5 Å². The van der Waals surface area contributed by atoms with Crippen LogP contribution >= 0.6 is 0 Å². The maximum Gasteiger partial charge on any atom is 0.192 e. The van der Waals surface area contributed by atoms with Crippen molar-refractivity contribution < 1.29 is 8.42 Å². The summed E-state index contributed by atoms with van der Waals surface area (Å²) >= 11 is 0. The van der Waals surface area contributed by atoms with Crippen molar-refractivity contribution in [3.63, 3.8) is 0 Å². The van der Waals surface area contributed by atoms with Crippen molar-refractivity contribution in [1.82, 2.24) is 9.78 Å². The molecule has 1 aromatic heterocycles. The van der Waals surface area contributed by atoms with Crippen molar-refractivity contribution in [1.29, 1.82) is 0 Å². The van der Waals surface area contributed by atoms with Crippen molar-refractivity contribution in [3.8, 4) is 5.69 Å². The molecule has 1 heterocycles. The number of aromatic nitrogens is 2. The minimum atomic E-state index is -3.36. The highest BCUT2D eigenvalue weighted by Crippen LogP contribution is 2.20. The predicted octanol–water partition coefficient (Wildman–Crippen LogP) is 1.17. The monoisotopic (exact) mass is 251 g/mol. The number of nitrogens with zero attached hydrogens (tertiary/aromatic N) is 2. The van der Waals surface area contributed by atoms with Gasteiger partial charge in [0.1, 0.15) is 5.82 Å². The number of hydrogen-bond donors (Lipinski definition) is 1. The molecule has 0 aliphatic heterocycles. The Bertz CT molecular complexity index is 659. The van der Waals surface area contributed by atoms with E-state index in [9.17, 15) is 8.42 Å². The van der Waals surface area contributed by atoms with Crippen LogP contribution in [0.3, 0.4) is 0 Å². The molecule has 0 saturated heterocycles. The summed E-state index contributed by atoms with van der Waals surface area (Å²) in [7, 11) is -3.36. The van der Waals surface area contributed by atoms with Gasteiger partial charge in [0.15, 0.2) is 14.9 Å². The normalized spacial score (nSPS) is 11.6. The van der Waals surface area contributed by atoms with Crippen LogP contribution in [0.5, 0.6) is 0 Å². The minimum Gasteiger partial charge on any atom is -0.382 e. The fourth-order valence-electron chi connectivity index (χ4n) is 1.62. The van der Waals surface area contributed by atoms with Gasteiger partial charge in [-0.3, -0.25) is 0 Å². The lowest BCUT2D eigenvalue weighted by Gasteiger charge is -2.08. The van der Waals surface area contributed by atoms with Crippen molar-refractivity contribution >= 4 is 15.7 Å². The molecule has 0 atom stereocenters. The van der Waals surface area contributed by atoms with E-state index in [2.05, 4.69) is 5.10 Å². The first-order valence-electron chi connectivity index (χ1n) is 5.01. The molecular formula is C11H13N3O2S. The summed E-state index contributed by atoms with van der Waals surface area (Å²) in [5.74, 6) is 0.189. The molecule has 6 heteroatoms. The van der Waals surface area contributed by atoms with E-state index in [1.807, 2.05) is 25.1 Å². The zero-order chi connectivity index (χ0) is 12.6. The number of para-hydroxylation sites is 1. The smallest absolute Gasteiger partial charge is 0.192 e. The van der Waals surface area contributed by atoms with E-state index in [4.69, 9.17) is 5.73 Å². The summed E-state index contributed by atoms with van der Waals surface area (Å²) in [6.07, 6.45) is 1.14. The van der Waals surface area contributed by atoms with Crippen LogP contribution in [0.2, 0.25) is 0 Å². The van der Waals surface area contributed by atoms with Gasteiger partial charge in [-0.1, -0.05) is 18.2 Å². The van der Waals surface area contributed by atoms with Gasteiger partial charge in [-0.15, -0.1) is 5.10 Å². The number of sulfone groups is 1. The van der Waals surface area contributed by atoms with Crippen LogP contribution in [-0.2, 0) is 9.84 Å². The number of anilines is 1. The summed E-state index contributed by atoms with van der Waals surface area (Å²) < 4.78 is 24.6. The molecule has 17 heavy (non-hydrogen) atoms. The lowest BCUT2D eigenvalue weighted by atomic mass is 10.2. The first-order valence-corrected chi connectivity index (χ1v) is 6.90. The maximum absolute atomic E-state index is 11.6. The summed E-state index contributed by atoms with van der Waals surface area (Å²) in [6.45, 7) is 1.89. The third kappa shape index (κ3) is 2.16. The highest BCUT2D eigenvalue weighted by atomic mass is 32.2. The topological polar surface area (TPSA) is 78.0 Å². The first-order chi connectivity index (χ1) is 7.89. The minimum absolute atomic E-state index is 0.101. The van der Waals surface area contributed by atoms with E-state index in [0.717, 1.165) is 11.8 Å². The second-order valence-electron chi connectivity index (χ2n) is 3.88. The van der Waals surface area contributed by atoms with E-state index < -0.39 is 9.84 Å². The Morgan fingerprint density at radius 3 is 2.53 bits per heavy atom. The van der Waals surface area contributed by atoms with Gasteiger partial charge in [0.05, 0.1) is 5.69 Å². The SMILES string of the molecule is Cc1ccccc1-n1nc(N)cc1S(C)(=O)=O. The summed E-state index contributed by atoms with van der Waals surface area (Å²) in [5.41, 5.74) is 7.21. The molecule has 0 spiro atoms. The standard InChI is InChI=1S/C11H13N3O2S/c1-8-5-3-4-6-9(8)14-11(17(2,15)16)7-10(12)13-14/h3-7H,1-2H3,(H2,12,13). The Hall–Kier alpha value is -1.82. The maximum atomic E-state index is 11.6. The fraction of sp³-hybridized carbons (Fsp3) is 0.182. The molecule has 0 saturated carbocycles. The molecule has 0 bridgehead atoms. The van der Waals surface area contributed by atoms with Crippen LogP contribution in [0.25, 0.3) is 5.69 Å². The van der Waals surface area contributed by atoms with Gasteiger partial charge < -0.3 is 5.73 Å². The second-order valence-corrected chi connectivity index (χ2v) is 5.84. The summed E-state index contributed by atoms with van der Waals surface area (Å²) in [4.78, 5) is 0. The molecule has 1 aromatic carbocycles. The lowest BCUT2D eigenvalue weighted by Crippen LogP contribution is -2.08. The molecule has 2 rings (SSSR count). The average Bonchev–Trinajstić information content (AvgIpc) is 2.60. The largest absolute Gasteiger partial charge is 0.382 e. The Kier molecular flexibility index (Phi) is 2.66. The molecule has 0 unspecified atom stereocenters. The molecule has 0 aliphatic rings. The van der Waals surface area contributed by atoms with Crippen LogP contribution in [0, 0.1) is 6.92 Å². The van der Waals surface area contributed by atoms with E-state index in [0.29, 0.717) is 5.69 Å². The van der Waals surface area contributed by atoms with Crippen molar-refractivity contribution in [2.75, 3.05) is 12.0 Å². The molecular weight excluding hydrogens is 238 g/mol. The van der Waals surface area contributed by atoms with Crippen molar-refractivity contribution in [2.24, 2.45) is 0 Å². The summed E-state index contributed by atoms with van der Waals surface area (Å²) in [6, 6.07) is 8.76. The highest BCUT2D eigenvalue weighted by Gasteiger charge is 2.18. The van der Waals surface area contributed by atoms with E-state index in [-0.39, 0.29) is 10.8 Å². The molecule has 0 aliphatic carbocycles.